The van der Waals surface area contributed by atoms with Crippen molar-refractivity contribution in [2.45, 2.75) is 10.8 Å². The second kappa shape index (κ2) is 15.4. The Morgan fingerprint density at radius 2 is 0.493 bits per heavy atom. The highest BCUT2D eigenvalue weighted by atomic mass is 15.1. The van der Waals surface area contributed by atoms with Crippen LogP contribution in [0.2, 0.25) is 0 Å². The van der Waals surface area contributed by atoms with Crippen LogP contribution >= 0.6 is 0 Å². The molecule has 14 rings (SSSR count). The molecule has 2 aliphatic carbocycles. The first-order valence-electron chi connectivity index (χ1n) is 24.1. The fourth-order valence-corrected chi connectivity index (χ4v) is 12.6. The lowest BCUT2D eigenvalue weighted by atomic mass is 9.67. The largest absolute Gasteiger partial charge is 0.310 e. The van der Waals surface area contributed by atoms with Gasteiger partial charge in [0.2, 0.25) is 0 Å². The Morgan fingerprint density at radius 1 is 0.203 bits per heavy atom. The molecule has 1 heteroatoms. The topological polar surface area (TPSA) is 3.24 Å². The van der Waals surface area contributed by atoms with Crippen LogP contribution in [0.15, 0.2) is 273 Å². The van der Waals surface area contributed by atoms with Gasteiger partial charge in [0, 0.05) is 17.1 Å². The minimum absolute atomic E-state index is 0.552. The Hall–Kier alpha value is -8.78. The first-order chi connectivity index (χ1) is 34.2. The standard InChI is InChI=1S/C68H45N/c1-5-21-46(22-6-1)67(47-23-7-2-8-24-47)63-35-19-17-33-58(63)60-41-38-51(44-65(60)67)69(50-37-40-57-55-31-14-13-29-53(55)54-30-15-16-32-56(54)62(57)43-50)52-39-42-61-59-34-18-20-36-64(59)68(66(61)45-52,48-25-9-3-10-26-48)49-27-11-4-12-28-49/h1-45H. The molecule has 0 atom stereocenters. The highest BCUT2D eigenvalue weighted by Crippen LogP contribution is 2.59. The molecule has 0 fully saturated rings. The Kier molecular flexibility index (Phi) is 8.78. The molecule has 0 spiro atoms. The second-order valence-corrected chi connectivity index (χ2v) is 18.7. The van der Waals surface area contributed by atoms with Gasteiger partial charge in [0.05, 0.1) is 10.8 Å². The Bertz CT molecular complexity index is 3650. The summed E-state index contributed by atoms with van der Waals surface area (Å²) >= 11 is 0. The number of fused-ring (bicyclic) bond motifs is 12. The lowest BCUT2D eigenvalue weighted by Gasteiger charge is -2.36. The van der Waals surface area contributed by atoms with Crippen LogP contribution in [-0.4, -0.2) is 0 Å². The molecule has 0 aliphatic heterocycles. The zero-order chi connectivity index (χ0) is 45.5. The van der Waals surface area contributed by atoms with Gasteiger partial charge in [-0.1, -0.05) is 237 Å². The highest BCUT2D eigenvalue weighted by molar-refractivity contribution is 6.25. The Morgan fingerprint density at radius 3 is 0.899 bits per heavy atom. The van der Waals surface area contributed by atoms with Crippen molar-refractivity contribution in [3.63, 3.8) is 0 Å². The van der Waals surface area contributed by atoms with Crippen LogP contribution in [0.5, 0.6) is 0 Å². The summed E-state index contributed by atoms with van der Waals surface area (Å²) in [6, 6.07) is 102. The number of anilines is 3. The van der Waals surface area contributed by atoms with E-state index in [-0.39, 0.29) is 0 Å². The van der Waals surface area contributed by atoms with E-state index >= 15 is 0 Å². The molecule has 1 nitrogen and oxygen atoms in total. The summed E-state index contributed by atoms with van der Waals surface area (Å²) in [5.74, 6) is 0. The maximum atomic E-state index is 2.53. The van der Waals surface area contributed by atoms with E-state index in [4.69, 9.17) is 0 Å². The Balaban J connectivity index is 1.08. The predicted octanol–water partition coefficient (Wildman–Crippen LogP) is 17.3. The molecule has 12 aromatic rings. The van der Waals surface area contributed by atoms with Crippen molar-refractivity contribution in [3.8, 4) is 22.3 Å². The summed E-state index contributed by atoms with van der Waals surface area (Å²) in [4.78, 5) is 2.53. The molecule has 0 heterocycles. The van der Waals surface area contributed by atoms with E-state index in [2.05, 4.69) is 278 Å². The molecule has 0 bridgehead atoms. The van der Waals surface area contributed by atoms with Gasteiger partial charge in [0.15, 0.2) is 0 Å². The minimum Gasteiger partial charge on any atom is -0.310 e. The fraction of sp³-hybridized carbons (Fsp3) is 0.0294. The molecule has 0 aromatic heterocycles. The average Bonchev–Trinajstić information content (AvgIpc) is 3.90. The van der Waals surface area contributed by atoms with Crippen molar-refractivity contribution in [2.75, 3.05) is 4.90 Å². The molecule has 322 valence electrons. The lowest BCUT2D eigenvalue weighted by molar-refractivity contribution is 0.767. The monoisotopic (exact) mass is 875 g/mol. The molecule has 0 amide bonds. The quantitative estimate of drug-likeness (QED) is 0.144. The van der Waals surface area contributed by atoms with Gasteiger partial charge in [-0.15, -0.1) is 0 Å². The maximum absolute atomic E-state index is 2.53. The van der Waals surface area contributed by atoms with Crippen LogP contribution in [0.3, 0.4) is 0 Å². The van der Waals surface area contributed by atoms with E-state index in [1.807, 2.05) is 0 Å². The van der Waals surface area contributed by atoms with Crippen LogP contribution in [0.25, 0.3) is 54.6 Å². The van der Waals surface area contributed by atoms with Crippen LogP contribution in [0, 0.1) is 0 Å². The second-order valence-electron chi connectivity index (χ2n) is 18.7. The van der Waals surface area contributed by atoms with E-state index in [1.54, 1.807) is 0 Å². The average molecular weight is 876 g/mol. The summed E-state index contributed by atoms with van der Waals surface area (Å²) in [7, 11) is 0. The number of hydrogen-bond donors (Lipinski definition) is 0. The van der Waals surface area contributed by atoms with E-state index in [9.17, 15) is 0 Å². The molecule has 69 heavy (non-hydrogen) atoms. The maximum Gasteiger partial charge on any atom is 0.0714 e. The number of nitrogens with zero attached hydrogens (tertiary/aromatic N) is 1. The van der Waals surface area contributed by atoms with Gasteiger partial charge in [0.25, 0.3) is 0 Å². The summed E-state index contributed by atoms with van der Waals surface area (Å²) in [6.07, 6.45) is 0. The third-order valence-electron chi connectivity index (χ3n) is 15.4. The molecule has 0 unspecified atom stereocenters. The van der Waals surface area contributed by atoms with Crippen molar-refractivity contribution >= 4 is 49.4 Å². The van der Waals surface area contributed by atoms with Gasteiger partial charge in [-0.05, 0) is 135 Å². The normalized spacial score (nSPS) is 13.7. The number of hydrogen-bond acceptors (Lipinski definition) is 1. The first kappa shape index (κ1) is 39.4. The van der Waals surface area contributed by atoms with Crippen molar-refractivity contribution in [1.82, 2.24) is 0 Å². The fourth-order valence-electron chi connectivity index (χ4n) is 12.6. The van der Waals surface area contributed by atoms with Gasteiger partial charge in [-0.25, -0.2) is 0 Å². The summed E-state index contributed by atoms with van der Waals surface area (Å²) < 4.78 is 0. The van der Waals surface area contributed by atoms with Crippen LogP contribution < -0.4 is 4.90 Å². The van der Waals surface area contributed by atoms with Crippen LogP contribution in [0.1, 0.15) is 44.5 Å². The predicted molar refractivity (Wildman–Crippen MR) is 288 cm³/mol. The summed E-state index contributed by atoms with van der Waals surface area (Å²) in [6.45, 7) is 0. The smallest absolute Gasteiger partial charge is 0.0714 e. The van der Waals surface area contributed by atoms with Crippen molar-refractivity contribution in [3.05, 3.63) is 317 Å². The van der Waals surface area contributed by atoms with Crippen molar-refractivity contribution in [2.24, 2.45) is 0 Å². The molecule has 0 radical (unpaired) electrons. The molecular formula is C68H45N. The zero-order valence-electron chi connectivity index (χ0n) is 37.9. The highest BCUT2D eigenvalue weighted by Gasteiger charge is 2.48. The van der Waals surface area contributed by atoms with Crippen LogP contribution in [-0.2, 0) is 10.8 Å². The van der Waals surface area contributed by atoms with E-state index in [0.29, 0.717) is 0 Å². The minimum atomic E-state index is -0.552. The summed E-state index contributed by atoms with van der Waals surface area (Å²) in [5.41, 5.74) is 17.4. The van der Waals surface area contributed by atoms with Gasteiger partial charge in [-0.2, -0.15) is 0 Å². The van der Waals surface area contributed by atoms with Gasteiger partial charge < -0.3 is 4.90 Å². The molecule has 0 saturated carbocycles. The third kappa shape index (κ3) is 5.59. The van der Waals surface area contributed by atoms with Gasteiger partial charge >= 0.3 is 0 Å². The lowest BCUT2D eigenvalue weighted by Crippen LogP contribution is -2.29. The molecule has 2 aliphatic rings. The van der Waals surface area contributed by atoms with Crippen molar-refractivity contribution in [1.29, 1.82) is 0 Å². The SMILES string of the molecule is c1ccc(C2(c3ccccc3)c3ccccc3-c3ccc(N(c4ccc5c(c4)C(c4ccccc4)(c4ccccc4)c4ccccc4-5)c4ccc5c6ccccc6c6ccccc6c5c4)cc32)cc1. The molecule has 0 N–H and O–H groups in total. The molecule has 12 aromatic carbocycles. The Labute approximate surface area is 402 Å². The van der Waals surface area contributed by atoms with Crippen LogP contribution in [0.4, 0.5) is 17.1 Å². The molecule has 0 saturated heterocycles. The third-order valence-corrected chi connectivity index (χ3v) is 15.4. The zero-order valence-corrected chi connectivity index (χ0v) is 37.9. The molecular weight excluding hydrogens is 831 g/mol. The number of benzene rings is 12. The first-order valence-corrected chi connectivity index (χ1v) is 24.1. The van der Waals surface area contributed by atoms with Gasteiger partial charge in [0.1, 0.15) is 0 Å². The van der Waals surface area contributed by atoms with E-state index < -0.39 is 10.8 Å². The number of rotatable bonds is 7. The van der Waals surface area contributed by atoms with Crippen molar-refractivity contribution < 1.29 is 0 Å². The summed E-state index contributed by atoms with van der Waals surface area (Å²) in [5, 5.41) is 7.54. The van der Waals surface area contributed by atoms with Gasteiger partial charge in [-0.3, -0.25) is 0 Å². The van der Waals surface area contributed by atoms with E-state index in [1.165, 1.54) is 99.1 Å². The van der Waals surface area contributed by atoms with E-state index in [0.717, 1.165) is 17.1 Å².